The van der Waals surface area contributed by atoms with E-state index in [9.17, 15) is 14.4 Å². The molecule has 0 fully saturated rings. The summed E-state index contributed by atoms with van der Waals surface area (Å²) in [6, 6.07) is -1.15. The van der Waals surface area contributed by atoms with Gasteiger partial charge in [0.1, 0.15) is 6.04 Å². The van der Waals surface area contributed by atoms with Crippen LogP contribution in [0.1, 0.15) is 35.8 Å². The Hall–Kier alpha value is -2.38. The number of nitrogens with two attached hydrogens (primary N) is 1. The Bertz CT molecular complexity index is 524. The molecule has 110 valence electrons. The fourth-order valence-corrected chi connectivity index (χ4v) is 1.77. The maximum Gasteiger partial charge on any atom is 0.326 e. The maximum atomic E-state index is 12.1. The van der Waals surface area contributed by atoms with Crippen LogP contribution < -0.4 is 11.1 Å². The first-order valence-corrected chi connectivity index (χ1v) is 6.19. The van der Waals surface area contributed by atoms with E-state index in [1.165, 1.54) is 10.9 Å². The van der Waals surface area contributed by atoms with E-state index in [2.05, 4.69) is 10.4 Å². The number of hydrogen-bond donors (Lipinski definition) is 3. The third-order valence-electron chi connectivity index (χ3n) is 2.77. The van der Waals surface area contributed by atoms with Crippen molar-refractivity contribution < 1.29 is 19.5 Å². The molecule has 0 spiro atoms. The zero-order valence-electron chi connectivity index (χ0n) is 11.4. The largest absolute Gasteiger partial charge is 0.480 e. The fraction of sp³-hybridized carbons (Fsp3) is 0.500. The van der Waals surface area contributed by atoms with Crippen LogP contribution in [0.5, 0.6) is 0 Å². The number of rotatable bonds is 7. The van der Waals surface area contributed by atoms with E-state index in [4.69, 9.17) is 10.8 Å². The van der Waals surface area contributed by atoms with E-state index in [1.54, 1.807) is 7.05 Å². The van der Waals surface area contributed by atoms with Crippen LogP contribution in [0.4, 0.5) is 0 Å². The van der Waals surface area contributed by atoms with Crippen molar-refractivity contribution in [2.75, 3.05) is 0 Å². The quantitative estimate of drug-likeness (QED) is 0.617. The van der Waals surface area contributed by atoms with Gasteiger partial charge in [0, 0.05) is 19.7 Å². The Morgan fingerprint density at radius 2 is 2.15 bits per heavy atom. The van der Waals surface area contributed by atoms with Crippen LogP contribution in [0, 0.1) is 0 Å². The number of carboxylic acid groups (broad SMARTS) is 1. The molecule has 0 aromatic carbocycles. The number of nitrogens with zero attached hydrogens (tertiary/aromatic N) is 2. The lowest BCUT2D eigenvalue weighted by Gasteiger charge is -2.13. The smallest absolute Gasteiger partial charge is 0.326 e. The predicted octanol–water partition coefficient (Wildman–Crippen LogP) is -0.569. The molecule has 8 heteroatoms. The first kappa shape index (κ1) is 15.7. The summed E-state index contributed by atoms with van der Waals surface area (Å²) < 4.78 is 1.49. The number of carbonyl (C=O) groups is 3. The molecule has 1 aromatic rings. The number of hydrogen-bond acceptors (Lipinski definition) is 4. The van der Waals surface area contributed by atoms with Crippen molar-refractivity contribution in [3.63, 3.8) is 0 Å². The Morgan fingerprint density at radius 3 is 2.65 bits per heavy atom. The summed E-state index contributed by atoms with van der Waals surface area (Å²) in [6.07, 6.45) is 1.94. The molecule has 0 bridgehead atoms. The topological polar surface area (TPSA) is 127 Å². The van der Waals surface area contributed by atoms with Gasteiger partial charge in [0.2, 0.25) is 5.91 Å². The lowest BCUT2D eigenvalue weighted by atomic mass is 10.1. The number of primary amides is 1. The first-order valence-electron chi connectivity index (χ1n) is 6.19. The molecule has 20 heavy (non-hydrogen) atoms. The fourth-order valence-electron chi connectivity index (χ4n) is 1.77. The monoisotopic (exact) mass is 282 g/mol. The molecule has 0 saturated carbocycles. The Kier molecular flexibility index (Phi) is 5.24. The van der Waals surface area contributed by atoms with E-state index in [-0.39, 0.29) is 12.8 Å². The average Bonchev–Trinajstić information content (AvgIpc) is 2.74. The van der Waals surface area contributed by atoms with Crippen molar-refractivity contribution in [2.24, 2.45) is 12.8 Å². The Labute approximate surface area is 115 Å². The number of aromatic nitrogens is 2. The Balaban J connectivity index is 2.79. The highest BCUT2D eigenvalue weighted by Crippen LogP contribution is 2.08. The Morgan fingerprint density at radius 1 is 1.50 bits per heavy atom. The average molecular weight is 282 g/mol. The second-order valence-corrected chi connectivity index (χ2v) is 4.39. The number of aliphatic carboxylic acids is 1. The minimum absolute atomic E-state index is 0.0435. The number of amides is 2. The maximum absolute atomic E-state index is 12.1. The van der Waals surface area contributed by atoms with Gasteiger partial charge in [0.15, 0.2) is 0 Å². The van der Waals surface area contributed by atoms with Crippen LogP contribution in [-0.4, -0.2) is 38.7 Å². The van der Waals surface area contributed by atoms with Crippen LogP contribution in [0.3, 0.4) is 0 Å². The molecule has 1 heterocycles. The van der Waals surface area contributed by atoms with Crippen molar-refractivity contribution in [1.82, 2.24) is 15.1 Å². The van der Waals surface area contributed by atoms with Gasteiger partial charge in [-0.25, -0.2) is 4.79 Å². The van der Waals surface area contributed by atoms with E-state index >= 15 is 0 Å². The van der Waals surface area contributed by atoms with Gasteiger partial charge in [-0.3, -0.25) is 14.3 Å². The third-order valence-corrected chi connectivity index (χ3v) is 2.77. The van der Waals surface area contributed by atoms with E-state index < -0.39 is 23.8 Å². The van der Waals surface area contributed by atoms with E-state index in [0.717, 1.165) is 0 Å². The lowest BCUT2D eigenvalue weighted by molar-refractivity contribution is -0.139. The van der Waals surface area contributed by atoms with Gasteiger partial charge in [0.25, 0.3) is 5.91 Å². The second-order valence-electron chi connectivity index (χ2n) is 4.39. The molecule has 4 N–H and O–H groups in total. The van der Waals surface area contributed by atoms with Crippen molar-refractivity contribution >= 4 is 17.8 Å². The summed E-state index contributed by atoms with van der Waals surface area (Å²) in [4.78, 5) is 33.8. The molecule has 2 amide bonds. The minimum atomic E-state index is -1.21. The molecule has 8 nitrogen and oxygen atoms in total. The van der Waals surface area contributed by atoms with Crippen molar-refractivity contribution in [3.8, 4) is 0 Å². The SMILES string of the molecule is CCc1nn(C)cc1C(=O)NC(CCC(N)=O)C(=O)O. The molecular weight excluding hydrogens is 264 g/mol. The van der Waals surface area contributed by atoms with Gasteiger partial charge in [-0.15, -0.1) is 0 Å². The predicted molar refractivity (Wildman–Crippen MR) is 69.9 cm³/mol. The highest BCUT2D eigenvalue weighted by atomic mass is 16.4. The molecule has 1 aromatic heterocycles. The molecule has 1 atom stereocenters. The summed E-state index contributed by atoms with van der Waals surface area (Å²) in [5.41, 5.74) is 5.89. The van der Waals surface area contributed by atoms with Gasteiger partial charge in [-0.05, 0) is 12.8 Å². The van der Waals surface area contributed by atoms with Gasteiger partial charge in [0.05, 0.1) is 11.3 Å². The molecule has 0 aliphatic rings. The van der Waals surface area contributed by atoms with Crippen LogP contribution in [-0.2, 0) is 23.1 Å². The summed E-state index contributed by atoms with van der Waals surface area (Å²) in [5, 5.41) is 15.5. The highest BCUT2D eigenvalue weighted by molar-refractivity contribution is 5.97. The number of aryl methyl sites for hydroxylation is 2. The zero-order valence-corrected chi connectivity index (χ0v) is 11.4. The van der Waals surface area contributed by atoms with Crippen LogP contribution in [0.15, 0.2) is 6.20 Å². The van der Waals surface area contributed by atoms with Gasteiger partial charge in [-0.2, -0.15) is 5.10 Å². The highest BCUT2D eigenvalue weighted by Gasteiger charge is 2.23. The number of carbonyl (C=O) groups excluding carboxylic acids is 2. The van der Waals surface area contributed by atoms with Gasteiger partial charge in [-0.1, -0.05) is 6.92 Å². The summed E-state index contributed by atoms with van der Waals surface area (Å²) >= 11 is 0. The number of nitrogens with one attached hydrogen (secondary N) is 1. The van der Waals surface area contributed by atoms with E-state index in [1.807, 2.05) is 6.92 Å². The molecule has 1 rings (SSSR count). The molecule has 0 aliphatic carbocycles. The van der Waals surface area contributed by atoms with Crippen LogP contribution >= 0.6 is 0 Å². The summed E-state index contributed by atoms with van der Waals surface area (Å²) in [7, 11) is 1.68. The first-order chi connectivity index (χ1) is 9.35. The minimum Gasteiger partial charge on any atom is -0.480 e. The van der Waals surface area contributed by atoms with Crippen molar-refractivity contribution in [1.29, 1.82) is 0 Å². The molecule has 0 aliphatic heterocycles. The molecule has 0 radical (unpaired) electrons. The molecular formula is C12H18N4O4. The zero-order chi connectivity index (χ0) is 15.3. The molecule has 1 unspecified atom stereocenters. The standard InChI is InChI=1S/C12H18N4O4/c1-3-8-7(6-16(2)15-8)11(18)14-9(12(19)20)4-5-10(13)17/h6,9H,3-5H2,1-2H3,(H2,13,17)(H,14,18)(H,19,20). The van der Waals surface area contributed by atoms with Crippen LogP contribution in [0.2, 0.25) is 0 Å². The van der Waals surface area contributed by atoms with Crippen molar-refractivity contribution in [3.05, 3.63) is 17.5 Å². The molecule has 0 saturated heterocycles. The lowest BCUT2D eigenvalue weighted by Crippen LogP contribution is -2.41. The third kappa shape index (κ3) is 4.08. The van der Waals surface area contributed by atoms with Gasteiger partial charge >= 0.3 is 5.97 Å². The van der Waals surface area contributed by atoms with Crippen LogP contribution in [0.25, 0.3) is 0 Å². The van der Waals surface area contributed by atoms with Crippen molar-refractivity contribution in [2.45, 2.75) is 32.2 Å². The number of carboxylic acids is 1. The van der Waals surface area contributed by atoms with E-state index in [0.29, 0.717) is 17.7 Å². The normalized spacial score (nSPS) is 11.9. The summed E-state index contributed by atoms with van der Waals surface area (Å²) in [6.45, 7) is 1.85. The van der Waals surface area contributed by atoms with Gasteiger partial charge < -0.3 is 16.2 Å². The summed E-state index contributed by atoms with van der Waals surface area (Å²) in [5.74, 6) is -2.34. The second kappa shape index (κ2) is 6.69.